The van der Waals surface area contributed by atoms with E-state index in [2.05, 4.69) is 4.74 Å². The summed E-state index contributed by atoms with van der Waals surface area (Å²) in [5, 5.41) is 0. The van der Waals surface area contributed by atoms with Crippen molar-refractivity contribution in [1.82, 2.24) is 0 Å². The normalized spacial score (nSPS) is 16.0. The van der Waals surface area contributed by atoms with Gasteiger partial charge in [-0.1, -0.05) is 19.9 Å². The summed E-state index contributed by atoms with van der Waals surface area (Å²) < 4.78 is 19.5. The van der Waals surface area contributed by atoms with Gasteiger partial charge in [0.25, 0.3) is 0 Å². The van der Waals surface area contributed by atoms with E-state index in [9.17, 15) is 4.79 Å². The molecule has 0 spiro atoms. The average molecular weight is 298 g/mol. The second-order valence-corrected chi connectivity index (χ2v) is 3.94. The highest BCUT2D eigenvalue weighted by Crippen LogP contribution is 2.12. The molecule has 1 heterocycles. The number of benzene rings is 1. The molecular weight excluding hydrogens is 272 g/mol. The molecule has 0 radical (unpaired) electrons. The molecule has 0 aromatic heterocycles. The molecule has 1 saturated heterocycles. The maximum Gasteiger partial charge on any atom is 0.337 e. The average Bonchev–Trinajstić information content (AvgIpc) is 3.10. The van der Waals surface area contributed by atoms with Gasteiger partial charge < -0.3 is 18.9 Å². The molecule has 5 nitrogen and oxygen atoms in total. The van der Waals surface area contributed by atoms with Gasteiger partial charge in [0.1, 0.15) is 5.75 Å². The molecule has 0 N–H and O–H groups in total. The Morgan fingerprint density at radius 2 is 1.95 bits per heavy atom. The smallest absolute Gasteiger partial charge is 0.337 e. The lowest BCUT2D eigenvalue weighted by Gasteiger charge is -2.01. The van der Waals surface area contributed by atoms with E-state index in [0.29, 0.717) is 17.4 Å². The zero-order chi connectivity index (χ0) is 16.1. The third kappa shape index (κ3) is 7.68. The number of hydrogen-bond acceptors (Lipinski definition) is 5. The summed E-state index contributed by atoms with van der Waals surface area (Å²) in [5.74, 6) is 0.298. The SMILES string of the molecule is CC.COC(=O)c1cccc(OC)c1.COC1CCOC1. The Labute approximate surface area is 127 Å². The molecule has 1 aliphatic rings. The number of hydrogen-bond donors (Lipinski definition) is 0. The molecule has 1 aliphatic heterocycles. The van der Waals surface area contributed by atoms with Crippen LogP contribution in [-0.4, -0.2) is 46.6 Å². The standard InChI is InChI=1S/C9H10O3.C5H10O2.C2H6/c1-11-8-5-3-4-7(6-8)9(10)12-2;1-6-5-2-3-7-4-5;1-2/h3-6H,1-2H3;5H,2-4H2,1H3;1-2H3. The van der Waals surface area contributed by atoms with Gasteiger partial charge in [0.2, 0.25) is 0 Å². The predicted octanol–water partition coefficient (Wildman–Crippen LogP) is 2.93. The molecule has 1 aromatic rings. The van der Waals surface area contributed by atoms with E-state index in [1.165, 1.54) is 7.11 Å². The highest BCUT2D eigenvalue weighted by Gasteiger charge is 2.12. The molecule has 5 heteroatoms. The first-order valence-electron chi connectivity index (χ1n) is 7.04. The van der Waals surface area contributed by atoms with Crippen molar-refractivity contribution in [1.29, 1.82) is 0 Å². The number of carbonyl (C=O) groups is 1. The highest BCUT2D eigenvalue weighted by molar-refractivity contribution is 5.89. The predicted molar refractivity (Wildman–Crippen MR) is 81.9 cm³/mol. The Morgan fingerprint density at radius 1 is 1.24 bits per heavy atom. The van der Waals surface area contributed by atoms with E-state index in [1.807, 2.05) is 13.8 Å². The van der Waals surface area contributed by atoms with Crippen LogP contribution in [-0.2, 0) is 14.2 Å². The van der Waals surface area contributed by atoms with Crippen LogP contribution >= 0.6 is 0 Å². The van der Waals surface area contributed by atoms with Gasteiger partial charge in [0.15, 0.2) is 0 Å². The summed E-state index contributed by atoms with van der Waals surface area (Å²) in [6, 6.07) is 6.82. The van der Waals surface area contributed by atoms with Crippen molar-refractivity contribution in [3.05, 3.63) is 29.8 Å². The number of rotatable bonds is 3. The van der Waals surface area contributed by atoms with Crippen LogP contribution in [0.4, 0.5) is 0 Å². The van der Waals surface area contributed by atoms with Gasteiger partial charge in [-0.2, -0.15) is 0 Å². The van der Waals surface area contributed by atoms with Gasteiger partial charge in [-0.15, -0.1) is 0 Å². The van der Waals surface area contributed by atoms with Crippen LogP contribution in [0, 0.1) is 0 Å². The van der Waals surface area contributed by atoms with Crippen molar-refractivity contribution >= 4 is 5.97 Å². The molecule has 1 aromatic carbocycles. The maximum atomic E-state index is 11.0. The number of esters is 1. The third-order valence-electron chi connectivity index (χ3n) is 2.71. The fourth-order valence-corrected chi connectivity index (χ4v) is 1.57. The van der Waals surface area contributed by atoms with Crippen molar-refractivity contribution in [2.24, 2.45) is 0 Å². The van der Waals surface area contributed by atoms with Gasteiger partial charge in [-0.3, -0.25) is 0 Å². The molecule has 1 fully saturated rings. The summed E-state index contributed by atoms with van der Waals surface area (Å²) in [6.45, 7) is 5.66. The van der Waals surface area contributed by atoms with Crippen molar-refractivity contribution in [3.8, 4) is 5.75 Å². The summed E-state index contributed by atoms with van der Waals surface area (Å²) in [7, 11) is 4.62. The molecule has 0 saturated carbocycles. The van der Waals surface area contributed by atoms with Crippen molar-refractivity contribution in [2.45, 2.75) is 26.4 Å². The van der Waals surface area contributed by atoms with E-state index >= 15 is 0 Å². The zero-order valence-electron chi connectivity index (χ0n) is 13.5. The van der Waals surface area contributed by atoms with Crippen LogP contribution < -0.4 is 4.74 Å². The van der Waals surface area contributed by atoms with Crippen LogP contribution in [0.25, 0.3) is 0 Å². The monoisotopic (exact) mass is 298 g/mol. The summed E-state index contributed by atoms with van der Waals surface area (Å²) >= 11 is 0. The molecule has 0 bridgehead atoms. The second-order valence-electron chi connectivity index (χ2n) is 3.94. The summed E-state index contributed by atoms with van der Waals surface area (Å²) in [5.41, 5.74) is 0.497. The molecule has 21 heavy (non-hydrogen) atoms. The second kappa shape index (κ2) is 12.2. The quantitative estimate of drug-likeness (QED) is 0.803. The van der Waals surface area contributed by atoms with Crippen LogP contribution in [0.3, 0.4) is 0 Å². The molecule has 0 aliphatic carbocycles. The zero-order valence-corrected chi connectivity index (χ0v) is 13.5. The minimum Gasteiger partial charge on any atom is -0.497 e. The van der Waals surface area contributed by atoms with Crippen LogP contribution in [0.15, 0.2) is 24.3 Å². The van der Waals surface area contributed by atoms with Crippen LogP contribution in [0.5, 0.6) is 5.75 Å². The topological polar surface area (TPSA) is 54.0 Å². The first-order valence-corrected chi connectivity index (χ1v) is 7.04. The number of carbonyl (C=O) groups excluding carboxylic acids is 1. The van der Waals surface area contributed by atoms with Gasteiger partial charge in [-0.25, -0.2) is 4.79 Å². The van der Waals surface area contributed by atoms with Crippen molar-refractivity contribution in [3.63, 3.8) is 0 Å². The fourth-order valence-electron chi connectivity index (χ4n) is 1.57. The first kappa shape index (κ1) is 19.4. The van der Waals surface area contributed by atoms with Crippen LogP contribution in [0.1, 0.15) is 30.6 Å². The number of ether oxygens (including phenoxy) is 4. The molecule has 1 unspecified atom stereocenters. The highest BCUT2D eigenvalue weighted by atomic mass is 16.5. The Hall–Kier alpha value is -1.59. The van der Waals surface area contributed by atoms with Gasteiger partial charge in [0, 0.05) is 13.7 Å². The molecular formula is C16H26O5. The lowest BCUT2D eigenvalue weighted by atomic mass is 10.2. The Kier molecular flexibility index (Phi) is 11.3. The largest absolute Gasteiger partial charge is 0.497 e. The minimum atomic E-state index is -0.353. The van der Waals surface area contributed by atoms with Gasteiger partial charge in [-0.05, 0) is 24.6 Å². The van der Waals surface area contributed by atoms with Crippen LogP contribution in [0.2, 0.25) is 0 Å². The van der Waals surface area contributed by atoms with E-state index in [4.69, 9.17) is 14.2 Å². The summed E-state index contributed by atoms with van der Waals surface area (Å²) in [4.78, 5) is 11.0. The lowest BCUT2D eigenvalue weighted by Crippen LogP contribution is -2.07. The third-order valence-corrected chi connectivity index (χ3v) is 2.71. The summed E-state index contributed by atoms with van der Waals surface area (Å²) in [6.07, 6.45) is 1.44. The van der Waals surface area contributed by atoms with E-state index in [1.54, 1.807) is 38.5 Å². The van der Waals surface area contributed by atoms with E-state index < -0.39 is 0 Å². The number of methoxy groups -OCH3 is 3. The van der Waals surface area contributed by atoms with E-state index in [0.717, 1.165) is 19.6 Å². The molecule has 2 rings (SSSR count). The first-order chi connectivity index (χ1) is 10.2. The Bertz CT molecular complexity index is 386. The Balaban J connectivity index is 0.000000377. The lowest BCUT2D eigenvalue weighted by molar-refractivity contribution is 0.0600. The van der Waals surface area contributed by atoms with Crippen molar-refractivity contribution < 1.29 is 23.7 Å². The maximum absolute atomic E-state index is 11.0. The Morgan fingerprint density at radius 3 is 2.38 bits per heavy atom. The molecule has 0 amide bonds. The molecule has 120 valence electrons. The fraction of sp³-hybridized carbons (Fsp3) is 0.562. The van der Waals surface area contributed by atoms with E-state index in [-0.39, 0.29) is 5.97 Å². The van der Waals surface area contributed by atoms with Gasteiger partial charge >= 0.3 is 5.97 Å². The van der Waals surface area contributed by atoms with Crippen molar-refractivity contribution in [2.75, 3.05) is 34.5 Å². The minimum absolute atomic E-state index is 0.353. The van der Waals surface area contributed by atoms with Gasteiger partial charge in [0.05, 0.1) is 32.5 Å². The molecule has 1 atom stereocenters.